The number of hydrogen-bond donors (Lipinski definition) is 1. The molecule has 18 heavy (non-hydrogen) atoms. The van der Waals surface area contributed by atoms with Crippen LogP contribution in [-0.4, -0.2) is 34.3 Å². The highest BCUT2D eigenvalue weighted by molar-refractivity contribution is 5.81. The zero-order chi connectivity index (χ0) is 13.0. The van der Waals surface area contributed by atoms with E-state index in [1.165, 1.54) is 18.6 Å². The normalized spacial score (nSPS) is 16.1. The number of hydrogen-bond acceptors (Lipinski definition) is 5. The van der Waals surface area contributed by atoms with E-state index in [1.54, 1.807) is 12.3 Å². The Morgan fingerprint density at radius 1 is 1.33 bits per heavy atom. The van der Waals surface area contributed by atoms with E-state index in [2.05, 4.69) is 5.10 Å². The fourth-order valence-electron chi connectivity index (χ4n) is 1.91. The summed E-state index contributed by atoms with van der Waals surface area (Å²) in [6, 6.07) is 4.24. The summed E-state index contributed by atoms with van der Waals surface area (Å²) in [6.45, 7) is 1.85. The minimum Gasteiger partial charge on any atom is -0.502 e. The molecule has 0 saturated carbocycles. The van der Waals surface area contributed by atoms with Gasteiger partial charge in [0.1, 0.15) is 0 Å². The SMILES string of the molecule is O=[N+]([O-])c1cc(/C=N\N2CCCCC2)ccc1O. The molecular formula is C12H15N3O3. The van der Waals surface area contributed by atoms with Crippen LogP contribution in [0.3, 0.4) is 0 Å². The molecule has 1 N–H and O–H groups in total. The van der Waals surface area contributed by atoms with E-state index < -0.39 is 4.92 Å². The molecule has 0 atom stereocenters. The molecule has 1 fully saturated rings. The van der Waals surface area contributed by atoms with E-state index in [0.717, 1.165) is 25.9 Å². The number of aromatic hydroxyl groups is 1. The molecular weight excluding hydrogens is 234 g/mol. The summed E-state index contributed by atoms with van der Waals surface area (Å²) in [4.78, 5) is 10.1. The number of nitro benzene ring substituents is 1. The van der Waals surface area contributed by atoms with Gasteiger partial charge in [0.25, 0.3) is 0 Å². The van der Waals surface area contributed by atoms with E-state index >= 15 is 0 Å². The van der Waals surface area contributed by atoms with Gasteiger partial charge in [-0.2, -0.15) is 5.10 Å². The van der Waals surface area contributed by atoms with Gasteiger partial charge in [-0.1, -0.05) is 0 Å². The van der Waals surface area contributed by atoms with Crippen LogP contribution in [0.2, 0.25) is 0 Å². The number of hydrazone groups is 1. The predicted molar refractivity (Wildman–Crippen MR) is 67.8 cm³/mol. The lowest BCUT2D eigenvalue weighted by molar-refractivity contribution is -0.385. The first-order valence-corrected chi connectivity index (χ1v) is 5.93. The fraction of sp³-hybridized carbons (Fsp3) is 0.417. The number of phenols is 1. The maximum Gasteiger partial charge on any atom is 0.311 e. The number of benzene rings is 1. The van der Waals surface area contributed by atoms with Crippen molar-refractivity contribution in [1.82, 2.24) is 5.01 Å². The summed E-state index contributed by atoms with van der Waals surface area (Å²) in [7, 11) is 0. The van der Waals surface area contributed by atoms with E-state index in [-0.39, 0.29) is 11.4 Å². The van der Waals surface area contributed by atoms with Crippen molar-refractivity contribution in [2.75, 3.05) is 13.1 Å². The Labute approximate surface area is 105 Å². The lowest BCUT2D eigenvalue weighted by Gasteiger charge is -2.23. The molecule has 1 aliphatic rings. The second kappa shape index (κ2) is 5.48. The van der Waals surface area contributed by atoms with Gasteiger partial charge >= 0.3 is 5.69 Å². The van der Waals surface area contributed by atoms with Crippen LogP contribution in [0.5, 0.6) is 5.75 Å². The van der Waals surface area contributed by atoms with Crippen LogP contribution in [0.4, 0.5) is 5.69 Å². The van der Waals surface area contributed by atoms with E-state index in [1.807, 2.05) is 5.01 Å². The summed E-state index contributed by atoms with van der Waals surface area (Å²) >= 11 is 0. The van der Waals surface area contributed by atoms with Crippen molar-refractivity contribution >= 4 is 11.9 Å². The average Bonchev–Trinajstić information content (AvgIpc) is 2.38. The second-order valence-electron chi connectivity index (χ2n) is 4.26. The molecule has 1 aliphatic heterocycles. The molecule has 2 rings (SSSR count). The molecule has 1 heterocycles. The van der Waals surface area contributed by atoms with Gasteiger partial charge in [-0.15, -0.1) is 0 Å². The van der Waals surface area contributed by atoms with Crippen molar-refractivity contribution in [3.05, 3.63) is 33.9 Å². The third-order valence-electron chi connectivity index (χ3n) is 2.90. The third-order valence-corrected chi connectivity index (χ3v) is 2.90. The van der Waals surface area contributed by atoms with Crippen LogP contribution in [0, 0.1) is 10.1 Å². The molecule has 0 amide bonds. The first-order valence-electron chi connectivity index (χ1n) is 5.93. The molecule has 96 valence electrons. The minimum atomic E-state index is -0.604. The van der Waals surface area contributed by atoms with Crippen LogP contribution in [-0.2, 0) is 0 Å². The quantitative estimate of drug-likeness (QED) is 0.505. The first-order chi connectivity index (χ1) is 8.66. The van der Waals surface area contributed by atoms with Crippen LogP contribution in [0.15, 0.2) is 23.3 Å². The monoisotopic (exact) mass is 249 g/mol. The van der Waals surface area contributed by atoms with Gasteiger partial charge < -0.3 is 5.11 Å². The molecule has 0 radical (unpaired) electrons. The highest BCUT2D eigenvalue weighted by Crippen LogP contribution is 2.25. The standard InChI is InChI=1S/C12H15N3O3/c16-12-5-4-10(8-11(12)15(17)18)9-13-14-6-2-1-3-7-14/h4-5,8-9,16H,1-3,6-7H2/b13-9-. The largest absolute Gasteiger partial charge is 0.502 e. The highest BCUT2D eigenvalue weighted by Gasteiger charge is 2.13. The fourth-order valence-corrected chi connectivity index (χ4v) is 1.91. The van der Waals surface area contributed by atoms with Gasteiger partial charge in [-0.05, 0) is 31.4 Å². The molecule has 0 aromatic heterocycles. The van der Waals surface area contributed by atoms with E-state index in [9.17, 15) is 15.2 Å². The van der Waals surface area contributed by atoms with E-state index in [4.69, 9.17) is 0 Å². The van der Waals surface area contributed by atoms with Crippen LogP contribution >= 0.6 is 0 Å². The summed E-state index contributed by atoms with van der Waals surface area (Å²) < 4.78 is 0. The Balaban J connectivity index is 2.11. The Morgan fingerprint density at radius 3 is 2.72 bits per heavy atom. The topological polar surface area (TPSA) is 79.0 Å². The van der Waals surface area contributed by atoms with Crippen molar-refractivity contribution in [3.8, 4) is 5.75 Å². The zero-order valence-corrected chi connectivity index (χ0v) is 9.95. The van der Waals surface area contributed by atoms with Gasteiger partial charge in [0.15, 0.2) is 5.75 Å². The molecule has 0 bridgehead atoms. The minimum absolute atomic E-state index is 0.294. The van der Waals surface area contributed by atoms with Crippen molar-refractivity contribution in [2.45, 2.75) is 19.3 Å². The van der Waals surface area contributed by atoms with Crippen LogP contribution in [0.1, 0.15) is 24.8 Å². The number of rotatable bonds is 3. The number of piperidine rings is 1. The Kier molecular flexibility index (Phi) is 3.76. The third kappa shape index (κ3) is 2.97. The Hall–Kier alpha value is -2.11. The zero-order valence-electron chi connectivity index (χ0n) is 9.95. The maximum absolute atomic E-state index is 10.7. The van der Waals surface area contributed by atoms with Gasteiger partial charge in [0, 0.05) is 24.7 Å². The van der Waals surface area contributed by atoms with Crippen molar-refractivity contribution in [2.24, 2.45) is 5.10 Å². The lowest BCUT2D eigenvalue weighted by Crippen LogP contribution is -2.24. The molecule has 0 unspecified atom stereocenters. The molecule has 0 spiro atoms. The average molecular weight is 249 g/mol. The summed E-state index contributed by atoms with van der Waals surface area (Å²) in [6.07, 6.45) is 5.09. The molecule has 1 saturated heterocycles. The molecule has 6 nitrogen and oxygen atoms in total. The highest BCUT2D eigenvalue weighted by atomic mass is 16.6. The molecule has 1 aromatic rings. The molecule has 0 aliphatic carbocycles. The van der Waals surface area contributed by atoms with Gasteiger partial charge in [-0.25, -0.2) is 0 Å². The van der Waals surface area contributed by atoms with Crippen molar-refractivity contribution in [1.29, 1.82) is 0 Å². The summed E-state index contributed by atoms with van der Waals surface area (Å²) in [5.41, 5.74) is 0.322. The smallest absolute Gasteiger partial charge is 0.311 e. The van der Waals surface area contributed by atoms with E-state index in [0.29, 0.717) is 5.56 Å². The number of nitrogens with zero attached hydrogens (tertiary/aromatic N) is 3. The van der Waals surface area contributed by atoms with Crippen molar-refractivity contribution < 1.29 is 10.0 Å². The maximum atomic E-state index is 10.7. The van der Waals surface area contributed by atoms with Crippen molar-refractivity contribution in [3.63, 3.8) is 0 Å². The molecule has 6 heteroatoms. The summed E-state index contributed by atoms with van der Waals surface area (Å²) in [5, 5.41) is 26.2. The predicted octanol–water partition coefficient (Wildman–Crippen LogP) is 2.12. The van der Waals surface area contributed by atoms with Gasteiger partial charge in [0.2, 0.25) is 0 Å². The van der Waals surface area contributed by atoms with Crippen LogP contribution < -0.4 is 0 Å². The van der Waals surface area contributed by atoms with Gasteiger partial charge in [-0.3, -0.25) is 15.1 Å². The first kappa shape index (κ1) is 12.3. The van der Waals surface area contributed by atoms with Gasteiger partial charge in [0.05, 0.1) is 11.1 Å². The summed E-state index contributed by atoms with van der Waals surface area (Å²) in [5.74, 6) is -0.324. The number of nitro groups is 1. The Morgan fingerprint density at radius 2 is 2.06 bits per heavy atom. The lowest BCUT2D eigenvalue weighted by atomic mass is 10.2. The number of phenolic OH excluding ortho intramolecular Hbond substituents is 1. The van der Waals surface area contributed by atoms with Crippen LogP contribution in [0.25, 0.3) is 0 Å². The Bertz CT molecular complexity index is 468. The molecule has 1 aromatic carbocycles. The second-order valence-corrected chi connectivity index (χ2v) is 4.26.